The van der Waals surface area contributed by atoms with Crippen molar-refractivity contribution in [2.75, 3.05) is 0 Å². The van der Waals surface area contributed by atoms with Crippen molar-refractivity contribution in [1.82, 2.24) is 4.98 Å². The fourth-order valence-corrected chi connectivity index (χ4v) is 1.25. The van der Waals surface area contributed by atoms with Crippen molar-refractivity contribution < 1.29 is 4.79 Å². The van der Waals surface area contributed by atoms with Crippen LogP contribution in [0.5, 0.6) is 0 Å². The SMILES string of the molecule is NC(=O)[C@@H](N)CCc1ccc(Br)nc1. The molecule has 0 radical (unpaired) electrons. The number of aromatic nitrogens is 1. The highest BCUT2D eigenvalue weighted by atomic mass is 79.9. The molecule has 0 saturated carbocycles. The van der Waals surface area contributed by atoms with Gasteiger partial charge in [-0.05, 0) is 40.4 Å². The minimum Gasteiger partial charge on any atom is -0.368 e. The van der Waals surface area contributed by atoms with Crippen LogP contribution in [-0.4, -0.2) is 16.9 Å². The summed E-state index contributed by atoms with van der Waals surface area (Å²) in [6.07, 6.45) is 3.01. The summed E-state index contributed by atoms with van der Waals surface area (Å²) in [5.74, 6) is -0.463. The molecule has 0 bridgehead atoms. The number of carbonyl (C=O) groups excluding carboxylic acids is 1. The van der Waals surface area contributed by atoms with Crippen LogP contribution in [0.15, 0.2) is 22.9 Å². The molecule has 1 rings (SSSR count). The summed E-state index contributed by atoms with van der Waals surface area (Å²) in [5.41, 5.74) is 11.6. The lowest BCUT2D eigenvalue weighted by atomic mass is 10.1. The van der Waals surface area contributed by atoms with Gasteiger partial charge in [0.15, 0.2) is 0 Å². The van der Waals surface area contributed by atoms with Gasteiger partial charge in [0.1, 0.15) is 4.60 Å². The van der Waals surface area contributed by atoms with Crippen molar-refractivity contribution in [3.63, 3.8) is 0 Å². The second-order valence-electron chi connectivity index (χ2n) is 3.04. The molecule has 0 aliphatic carbocycles. The highest BCUT2D eigenvalue weighted by Gasteiger charge is 2.08. The Bertz CT molecular complexity index is 312. The lowest BCUT2D eigenvalue weighted by molar-refractivity contribution is -0.119. The lowest BCUT2D eigenvalue weighted by Gasteiger charge is -2.06. The minimum atomic E-state index is -0.571. The second kappa shape index (κ2) is 5.07. The Labute approximate surface area is 90.8 Å². The number of carbonyl (C=O) groups is 1. The minimum absolute atomic E-state index is 0.463. The van der Waals surface area contributed by atoms with Gasteiger partial charge < -0.3 is 11.5 Å². The molecule has 1 aromatic rings. The molecule has 76 valence electrons. The lowest BCUT2D eigenvalue weighted by Crippen LogP contribution is -2.36. The molecule has 5 heteroatoms. The van der Waals surface area contributed by atoms with E-state index in [1.165, 1.54) is 0 Å². The van der Waals surface area contributed by atoms with E-state index in [0.29, 0.717) is 12.8 Å². The summed E-state index contributed by atoms with van der Waals surface area (Å²) in [4.78, 5) is 14.7. The van der Waals surface area contributed by atoms with Gasteiger partial charge >= 0.3 is 0 Å². The van der Waals surface area contributed by atoms with Crippen LogP contribution in [0.1, 0.15) is 12.0 Å². The average molecular weight is 258 g/mol. The number of halogens is 1. The molecule has 0 saturated heterocycles. The Hall–Kier alpha value is -0.940. The number of hydrogen-bond acceptors (Lipinski definition) is 3. The zero-order chi connectivity index (χ0) is 10.6. The highest BCUT2D eigenvalue weighted by Crippen LogP contribution is 2.08. The standard InChI is InChI=1S/C9H12BrN3O/c10-8-4-2-6(5-13-8)1-3-7(11)9(12)14/h2,4-5,7H,1,3,11H2,(H2,12,14)/t7-/m0/s1. The van der Waals surface area contributed by atoms with Gasteiger partial charge in [-0.2, -0.15) is 0 Å². The van der Waals surface area contributed by atoms with E-state index in [4.69, 9.17) is 11.5 Å². The predicted molar refractivity (Wildman–Crippen MR) is 57.4 cm³/mol. The molecule has 1 aromatic heterocycles. The number of aryl methyl sites for hydroxylation is 1. The fraction of sp³-hybridized carbons (Fsp3) is 0.333. The molecular weight excluding hydrogens is 246 g/mol. The summed E-state index contributed by atoms with van der Waals surface area (Å²) in [6, 6.07) is 3.22. The van der Waals surface area contributed by atoms with Gasteiger partial charge in [-0.1, -0.05) is 6.07 Å². The van der Waals surface area contributed by atoms with Crippen molar-refractivity contribution in [3.05, 3.63) is 28.5 Å². The third-order valence-electron chi connectivity index (χ3n) is 1.90. The smallest absolute Gasteiger partial charge is 0.234 e. The van der Waals surface area contributed by atoms with Gasteiger partial charge in [0, 0.05) is 6.20 Å². The molecule has 1 heterocycles. The highest BCUT2D eigenvalue weighted by molar-refractivity contribution is 9.10. The van der Waals surface area contributed by atoms with Crippen LogP contribution < -0.4 is 11.5 Å². The van der Waals surface area contributed by atoms with Crippen molar-refractivity contribution in [1.29, 1.82) is 0 Å². The Kier molecular flexibility index (Phi) is 4.03. The Balaban J connectivity index is 2.46. The van der Waals surface area contributed by atoms with E-state index in [9.17, 15) is 4.79 Å². The van der Waals surface area contributed by atoms with Crippen LogP contribution in [0, 0.1) is 0 Å². The predicted octanol–water partition coefficient (Wildman–Crippen LogP) is 0.589. The zero-order valence-electron chi connectivity index (χ0n) is 7.61. The van der Waals surface area contributed by atoms with Crippen LogP contribution in [0.3, 0.4) is 0 Å². The first-order valence-corrected chi connectivity index (χ1v) is 5.04. The number of amides is 1. The Morgan fingerprint density at radius 2 is 2.29 bits per heavy atom. The van der Waals surface area contributed by atoms with E-state index in [-0.39, 0.29) is 0 Å². The van der Waals surface area contributed by atoms with Gasteiger partial charge in [-0.15, -0.1) is 0 Å². The molecule has 1 amide bonds. The normalized spacial score (nSPS) is 12.4. The van der Waals surface area contributed by atoms with Crippen LogP contribution in [0.25, 0.3) is 0 Å². The van der Waals surface area contributed by atoms with E-state index in [2.05, 4.69) is 20.9 Å². The van der Waals surface area contributed by atoms with E-state index < -0.39 is 11.9 Å². The maximum atomic E-state index is 10.6. The van der Waals surface area contributed by atoms with Gasteiger partial charge in [-0.25, -0.2) is 4.98 Å². The van der Waals surface area contributed by atoms with Crippen molar-refractivity contribution in [2.45, 2.75) is 18.9 Å². The molecule has 1 atom stereocenters. The molecule has 0 aliphatic rings. The number of pyridine rings is 1. The first-order chi connectivity index (χ1) is 6.59. The number of nitrogens with two attached hydrogens (primary N) is 2. The van der Waals surface area contributed by atoms with Gasteiger partial charge in [0.2, 0.25) is 5.91 Å². The average Bonchev–Trinajstić information content (AvgIpc) is 2.16. The molecule has 0 fully saturated rings. The molecule has 0 unspecified atom stereocenters. The topological polar surface area (TPSA) is 82.0 Å². The van der Waals surface area contributed by atoms with Gasteiger partial charge in [0.05, 0.1) is 6.04 Å². The summed E-state index contributed by atoms with van der Waals surface area (Å²) >= 11 is 3.24. The molecule has 4 nitrogen and oxygen atoms in total. The summed E-state index contributed by atoms with van der Waals surface area (Å²) in [6.45, 7) is 0. The van der Waals surface area contributed by atoms with Crippen LogP contribution in [0.4, 0.5) is 0 Å². The zero-order valence-corrected chi connectivity index (χ0v) is 9.20. The summed E-state index contributed by atoms with van der Waals surface area (Å²) < 4.78 is 0.792. The van der Waals surface area contributed by atoms with Crippen LogP contribution >= 0.6 is 15.9 Å². The molecular formula is C9H12BrN3O. The first kappa shape index (κ1) is 11.1. The molecule has 14 heavy (non-hydrogen) atoms. The Morgan fingerprint density at radius 3 is 2.79 bits per heavy atom. The maximum Gasteiger partial charge on any atom is 0.234 e. The molecule has 4 N–H and O–H groups in total. The summed E-state index contributed by atoms with van der Waals surface area (Å²) in [5, 5.41) is 0. The van der Waals surface area contributed by atoms with Gasteiger partial charge in [0.25, 0.3) is 0 Å². The van der Waals surface area contributed by atoms with Crippen molar-refractivity contribution in [2.24, 2.45) is 11.5 Å². The number of nitrogens with zero attached hydrogens (tertiary/aromatic N) is 1. The largest absolute Gasteiger partial charge is 0.368 e. The van der Waals surface area contributed by atoms with E-state index in [0.717, 1.165) is 10.2 Å². The van der Waals surface area contributed by atoms with Crippen molar-refractivity contribution >= 4 is 21.8 Å². The number of rotatable bonds is 4. The van der Waals surface area contributed by atoms with E-state index >= 15 is 0 Å². The Morgan fingerprint density at radius 1 is 1.57 bits per heavy atom. The fourth-order valence-electron chi connectivity index (χ4n) is 1.02. The number of hydrogen-bond donors (Lipinski definition) is 2. The first-order valence-electron chi connectivity index (χ1n) is 4.25. The van der Waals surface area contributed by atoms with E-state index in [1.54, 1.807) is 6.20 Å². The molecule has 0 aliphatic heterocycles. The maximum absolute atomic E-state index is 10.6. The van der Waals surface area contributed by atoms with Crippen LogP contribution in [-0.2, 0) is 11.2 Å². The van der Waals surface area contributed by atoms with Crippen molar-refractivity contribution in [3.8, 4) is 0 Å². The quantitative estimate of drug-likeness (QED) is 0.775. The van der Waals surface area contributed by atoms with Crippen LogP contribution in [0.2, 0.25) is 0 Å². The third-order valence-corrected chi connectivity index (χ3v) is 2.37. The van der Waals surface area contributed by atoms with Gasteiger partial charge in [-0.3, -0.25) is 4.79 Å². The molecule has 0 aromatic carbocycles. The third kappa shape index (κ3) is 3.43. The monoisotopic (exact) mass is 257 g/mol. The summed E-state index contributed by atoms with van der Waals surface area (Å²) in [7, 11) is 0. The van der Waals surface area contributed by atoms with E-state index in [1.807, 2.05) is 12.1 Å². The second-order valence-corrected chi connectivity index (χ2v) is 3.85. The molecule has 0 spiro atoms. The number of primary amides is 1.